The van der Waals surface area contributed by atoms with Crippen LogP contribution in [0.1, 0.15) is 55.8 Å². The lowest BCUT2D eigenvalue weighted by atomic mass is 9.84. The Morgan fingerprint density at radius 2 is 1.91 bits per heavy atom. The molecule has 5 rings (SSSR count). The average Bonchev–Trinajstić information content (AvgIpc) is 3.01. The van der Waals surface area contributed by atoms with E-state index < -0.39 is 6.10 Å². The quantitative estimate of drug-likeness (QED) is 0.486. The third-order valence-corrected chi connectivity index (χ3v) is 6.81. The molecule has 182 valence electrons. The second-order valence-corrected chi connectivity index (χ2v) is 9.68. The second-order valence-electron chi connectivity index (χ2n) is 9.68. The highest BCUT2D eigenvalue weighted by Crippen LogP contribution is 2.43. The maximum Gasteiger partial charge on any atom is 0.308 e. The summed E-state index contributed by atoms with van der Waals surface area (Å²) >= 11 is 0. The van der Waals surface area contributed by atoms with Gasteiger partial charge in [0.25, 0.3) is 0 Å². The zero-order valence-corrected chi connectivity index (χ0v) is 20.1. The largest absolute Gasteiger partial charge is 0.493 e. The van der Waals surface area contributed by atoms with Gasteiger partial charge in [0, 0.05) is 24.1 Å². The van der Waals surface area contributed by atoms with Crippen molar-refractivity contribution in [1.82, 2.24) is 4.98 Å². The number of para-hydroxylation sites is 1. The van der Waals surface area contributed by atoms with E-state index in [4.69, 9.17) is 14.5 Å². The summed E-state index contributed by atoms with van der Waals surface area (Å²) in [5.41, 5.74) is 7.00. The fourth-order valence-electron chi connectivity index (χ4n) is 5.24. The van der Waals surface area contributed by atoms with Gasteiger partial charge in [0.15, 0.2) is 0 Å². The molecule has 0 radical (unpaired) electrons. The molecule has 1 fully saturated rings. The number of aliphatic hydroxyl groups is 1. The van der Waals surface area contributed by atoms with Crippen LogP contribution in [0.25, 0.3) is 22.4 Å². The maximum atomic E-state index is 13.9. The number of esters is 1. The lowest BCUT2D eigenvalue weighted by molar-refractivity contribution is -0.160. The van der Waals surface area contributed by atoms with E-state index in [0.29, 0.717) is 32.3 Å². The van der Waals surface area contributed by atoms with E-state index in [1.807, 2.05) is 36.4 Å². The van der Waals surface area contributed by atoms with Crippen LogP contribution in [0.2, 0.25) is 0 Å². The molecule has 1 saturated heterocycles. The highest BCUT2D eigenvalue weighted by molar-refractivity contribution is 5.82. The Bertz CT molecular complexity index is 1240. The molecule has 6 heteroatoms. The zero-order valence-electron chi connectivity index (χ0n) is 20.1. The van der Waals surface area contributed by atoms with Crippen LogP contribution >= 0.6 is 0 Å². The van der Waals surface area contributed by atoms with Crippen LogP contribution in [0.3, 0.4) is 0 Å². The Hall–Kier alpha value is -3.25. The minimum absolute atomic E-state index is 0.0500. The number of pyridine rings is 1. The summed E-state index contributed by atoms with van der Waals surface area (Å²) in [5, 5.41) is 10.1. The first-order valence-corrected chi connectivity index (χ1v) is 12.3. The van der Waals surface area contributed by atoms with Gasteiger partial charge in [0.05, 0.1) is 24.8 Å². The fourth-order valence-corrected chi connectivity index (χ4v) is 5.24. The SMILES string of the molecule is CC(C)c1nc2c(c(-c3ccc(F)cc3)c1CC[C@@H]1C[C@@H](O)CC(=O)O1)CCOc1ccccc1-2. The van der Waals surface area contributed by atoms with Crippen molar-refractivity contribution < 1.29 is 23.8 Å². The van der Waals surface area contributed by atoms with E-state index in [-0.39, 0.29) is 30.2 Å². The minimum atomic E-state index is -0.666. The fraction of sp³-hybridized carbons (Fsp3) is 0.379. The molecule has 1 N–H and O–H groups in total. The van der Waals surface area contributed by atoms with Gasteiger partial charge < -0.3 is 14.6 Å². The molecule has 3 heterocycles. The number of hydrogen-bond donors (Lipinski definition) is 1. The predicted molar refractivity (Wildman–Crippen MR) is 132 cm³/mol. The summed E-state index contributed by atoms with van der Waals surface area (Å²) < 4.78 is 25.5. The molecular weight excluding hydrogens is 445 g/mol. The molecule has 0 amide bonds. The first kappa shape index (κ1) is 23.5. The third-order valence-electron chi connectivity index (χ3n) is 6.81. The van der Waals surface area contributed by atoms with Gasteiger partial charge in [-0.25, -0.2) is 4.39 Å². The number of carbonyl (C=O) groups is 1. The first-order chi connectivity index (χ1) is 16.9. The number of carbonyl (C=O) groups excluding carboxylic acids is 1. The van der Waals surface area contributed by atoms with Crippen LogP contribution in [0.15, 0.2) is 48.5 Å². The van der Waals surface area contributed by atoms with Crippen molar-refractivity contribution in [1.29, 1.82) is 0 Å². The summed E-state index contributed by atoms with van der Waals surface area (Å²) in [5.74, 6) is 0.321. The summed E-state index contributed by atoms with van der Waals surface area (Å²) in [7, 11) is 0. The molecule has 0 aliphatic carbocycles. The molecule has 0 bridgehead atoms. The molecule has 3 aromatic rings. The number of aliphatic hydroxyl groups excluding tert-OH is 1. The molecule has 35 heavy (non-hydrogen) atoms. The average molecular weight is 476 g/mol. The van der Waals surface area contributed by atoms with E-state index in [2.05, 4.69) is 13.8 Å². The molecule has 0 unspecified atom stereocenters. The van der Waals surface area contributed by atoms with Crippen LogP contribution in [-0.2, 0) is 22.4 Å². The molecule has 5 nitrogen and oxygen atoms in total. The van der Waals surface area contributed by atoms with Crippen molar-refractivity contribution in [2.75, 3.05) is 6.61 Å². The second kappa shape index (κ2) is 9.78. The molecule has 2 atom stereocenters. The van der Waals surface area contributed by atoms with Crippen molar-refractivity contribution in [2.24, 2.45) is 0 Å². The van der Waals surface area contributed by atoms with Crippen molar-refractivity contribution in [3.05, 3.63) is 71.2 Å². The Kier molecular flexibility index (Phi) is 6.56. The number of halogens is 1. The standard InChI is InChI=1S/C29H30FNO4/c1-17(2)28-23(12-11-21-15-20(32)16-26(33)35-21)27(18-7-9-19(30)10-8-18)24-13-14-34-25-6-4-3-5-22(25)29(24)31-28/h3-10,17,20-21,32H,11-16H2,1-2H3/t20-,21-/m1/s1. The number of fused-ring (bicyclic) bond motifs is 3. The lowest BCUT2D eigenvalue weighted by Crippen LogP contribution is -2.33. The lowest BCUT2D eigenvalue weighted by Gasteiger charge is -2.27. The molecule has 2 aliphatic heterocycles. The van der Waals surface area contributed by atoms with Gasteiger partial charge in [-0.15, -0.1) is 0 Å². The number of nitrogens with zero attached hydrogens (tertiary/aromatic N) is 1. The molecule has 0 spiro atoms. The highest BCUT2D eigenvalue weighted by Gasteiger charge is 2.30. The minimum Gasteiger partial charge on any atom is -0.493 e. The Morgan fingerprint density at radius 1 is 1.14 bits per heavy atom. The number of cyclic esters (lactones) is 1. The molecule has 2 aliphatic rings. The summed E-state index contributed by atoms with van der Waals surface area (Å²) in [4.78, 5) is 17.1. The van der Waals surface area contributed by atoms with E-state index in [0.717, 1.165) is 45.0 Å². The third kappa shape index (κ3) is 4.80. The van der Waals surface area contributed by atoms with Gasteiger partial charge in [-0.3, -0.25) is 9.78 Å². The Balaban J connectivity index is 1.67. The molecule has 0 saturated carbocycles. The normalized spacial score (nSPS) is 19.4. The van der Waals surface area contributed by atoms with Crippen LogP contribution < -0.4 is 4.74 Å². The predicted octanol–water partition coefficient (Wildman–Crippen LogP) is 5.61. The summed E-state index contributed by atoms with van der Waals surface area (Å²) in [6.45, 7) is 4.76. The van der Waals surface area contributed by atoms with E-state index in [1.54, 1.807) is 0 Å². The number of hydrogen-bond acceptors (Lipinski definition) is 5. The van der Waals surface area contributed by atoms with Gasteiger partial charge >= 0.3 is 5.97 Å². The van der Waals surface area contributed by atoms with Gasteiger partial charge in [-0.05, 0) is 65.3 Å². The Labute approximate surface area is 204 Å². The summed E-state index contributed by atoms with van der Waals surface area (Å²) in [6, 6.07) is 14.6. The summed E-state index contributed by atoms with van der Waals surface area (Å²) in [6.07, 6.45) is 1.38. The highest BCUT2D eigenvalue weighted by atomic mass is 19.1. The molecular formula is C29H30FNO4. The van der Waals surface area contributed by atoms with Gasteiger partial charge in [-0.2, -0.15) is 0 Å². The van der Waals surface area contributed by atoms with Crippen LogP contribution in [0.5, 0.6) is 5.75 Å². The number of aromatic nitrogens is 1. The first-order valence-electron chi connectivity index (χ1n) is 12.3. The van der Waals surface area contributed by atoms with Gasteiger partial charge in [0.2, 0.25) is 0 Å². The maximum absolute atomic E-state index is 13.9. The van der Waals surface area contributed by atoms with Crippen molar-refractivity contribution in [2.45, 2.75) is 64.1 Å². The topological polar surface area (TPSA) is 68.7 Å². The van der Waals surface area contributed by atoms with E-state index in [9.17, 15) is 14.3 Å². The van der Waals surface area contributed by atoms with Crippen molar-refractivity contribution in [3.63, 3.8) is 0 Å². The Morgan fingerprint density at radius 3 is 2.66 bits per heavy atom. The van der Waals surface area contributed by atoms with Crippen molar-refractivity contribution in [3.8, 4) is 28.1 Å². The number of rotatable bonds is 5. The van der Waals surface area contributed by atoms with Crippen LogP contribution in [0, 0.1) is 5.82 Å². The number of benzene rings is 2. The van der Waals surface area contributed by atoms with Gasteiger partial charge in [0.1, 0.15) is 17.7 Å². The van der Waals surface area contributed by atoms with Crippen molar-refractivity contribution >= 4 is 5.97 Å². The van der Waals surface area contributed by atoms with Gasteiger partial charge in [-0.1, -0.05) is 38.1 Å². The smallest absolute Gasteiger partial charge is 0.308 e. The molecule has 1 aromatic heterocycles. The number of ether oxygens (including phenoxy) is 2. The van der Waals surface area contributed by atoms with Crippen LogP contribution in [-0.4, -0.2) is 34.9 Å². The van der Waals surface area contributed by atoms with E-state index in [1.165, 1.54) is 12.1 Å². The zero-order chi connectivity index (χ0) is 24.5. The monoisotopic (exact) mass is 475 g/mol. The van der Waals surface area contributed by atoms with Crippen LogP contribution in [0.4, 0.5) is 4.39 Å². The van der Waals surface area contributed by atoms with E-state index >= 15 is 0 Å². The molecule has 2 aromatic carbocycles.